The van der Waals surface area contributed by atoms with Crippen molar-refractivity contribution in [3.63, 3.8) is 0 Å². The minimum absolute atomic E-state index is 0.223. The maximum atomic E-state index is 11.2. The average Bonchev–Trinajstić information content (AvgIpc) is 2.85. The van der Waals surface area contributed by atoms with E-state index in [0.717, 1.165) is 0 Å². The number of fused-ring (bicyclic) bond motifs is 1. The van der Waals surface area contributed by atoms with Crippen molar-refractivity contribution in [2.24, 2.45) is 0 Å². The van der Waals surface area contributed by atoms with Gasteiger partial charge in [0.2, 0.25) is 11.4 Å². The summed E-state index contributed by atoms with van der Waals surface area (Å²) in [6.07, 6.45) is 2.67. The van der Waals surface area contributed by atoms with Gasteiger partial charge in [-0.1, -0.05) is 6.07 Å². The molecule has 0 aliphatic carbocycles. The predicted octanol–water partition coefficient (Wildman–Crippen LogP) is 2.34. The summed E-state index contributed by atoms with van der Waals surface area (Å²) < 4.78 is 6.49. The molecule has 0 aliphatic heterocycles. The van der Waals surface area contributed by atoms with Gasteiger partial charge in [-0.15, -0.1) is 0 Å². The van der Waals surface area contributed by atoms with E-state index in [0.29, 0.717) is 0 Å². The van der Waals surface area contributed by atoms with Crippen molar-refractivity contribution in [3.8, 4) is 11.6 Å². The van der Waals surface area contributed by atoms with Crippen LogP contribution in [0.3, 0.4) is 0 Å². The first-order valence-electron chi connectivity index (χ1n) is 5.96. The zero-order valence-corrected chi connectivity index (χ0v) is 10.8. The molecule has 0 N–H and O–H groups in total. The van der Waals surface area contributed by atoms with Crippen molar-refractivity contribution in [3.05, 3.63) is 63.0 Å². The van der Waals surface area contributed by atoms with Gasteiger partial charge in [-0.3, -0.25) is 0 Å². The van der Waals surface area contributed by atoms with Crippen LogP contribution in [0.4, 0.5) is 11.6 Å². The number of nitro groups is 2. The highest BCUT2D eigenvalue weighted by molar-refractivity contribution is 5.54. The summed E-state index contributed by atoms with van der Waals surface area (Å²) in [7, 11) is 0. The third-order valence-electron chi connectivity index (χ3n) is 2.78. The van der Waals surface area contributed by atoms with Gasteiger partial charge in [0.25, 0.3) is 0 Å². The van der Waals surface area contributed by atoms with Crippen LogP contribution in [0, 0.1) is 20.2 Å². The number of ether oxygens (including phenoxy) is 1. The van der Waals surface area contributed by atoms with Gasteiger partial charge in [-0.05, 0) is 33.0 Å². The van der Waals surface area contributed by atoms with E-state index in [1.807, 2.05) is 0 Å². The minimum atomic E-state index is -0.739. The Bertz CT molecular complexity index is 890. The van der Waals surface area contributed by atoms with Crippen molar-refractivity contribution in [2.45, 2.75) is 0 Å². The standard InChI is InChI=1S/C12H7N5O5/c18-16(19)10-8(4-3-6-13-10)22-11-12(17(20)21)15-7-2-1-5-9(15)14-11/h1-7H. The Kier molecular flexibility index (Phi) is 3.10. The fourth-order valence-electron chi connectivity index (χ4n) is 1.90. The number of nitrogens with zero attached hydrogens (tertiary/aromatic N) is 5. The summed E-state index contributed by atoms with van der Waals surface area (Å²) in [6, 6.07) is 7.51. The van der Waals surface area contributed by atoms with Crippen LogP contribution in [0.25, 0.3) is 5.65 Å². The highest BCUT2D eigenvalue weighted by Gasteiger charge is 2.27. The molecule has 110 valence electrons. The largest absolute Gasteiger partial charge is 0.423 e. The highest BCUT2D eigenvalue weighted by atomic mass is 16.6. The minimum Gasteiger partial charge on any atom is -0.423 e. The predicted molar refractivity (Wildman–Crippen MR) is 72.8 cm³/mol. The first-order chi connectivity index (χ1) is 10.6. The van der Waals surface area contributed by atoms with E-state index in [4.69, 9.17) is 4.74 Å². The van der Waals surface area contributed by atoms with Crippen LogP contribution in [0.5, 0.6) is 11.6 Å². The molecule has 0 aromatic carbocycles. The van der Waals surface area contributed by atoms with Gasteiger partial charge in [-0.25, -0.2) is 0 Å². The molecule has 0 amide bonds. The van der Waals surface area contributed by atoms with E-state index < -0.39 is 21.5 Å². The van der Waals surface area contributed by atoms with Crippen LogP contribution in [0.1, 0.15) is 0 Å². The molecule has 10 heteroatoms. The number of imidazole rings is 1. The zero-order chi connectivity index (χ0) is 15.7. The van der Waals surface area contributed by atoms with E-state index in [-0.39, 0.29) is 17.3 Å². The van der Waals surface area contributed by atoms with Gasteiger partial charge in [-0.2, -0.15) is 9.38 Å². The number of hydrogen-bond acceptors (Lipinski definition) is 7. The van der Waals surface area contributed by atoms with Gasteiger partial charge >= 0.3 is 17.5 Å². The van der Waals surface area contributed by atoms with Gasteiger partial charge in [0.1, 0.15) is 6.20 Å². The molecule has 3 aromatic rings. The molecule has 3 aromatic heterocycles. The molecule has 0 aliphatic rings. The Labute approximate surface area is 121 Å². The monoisotopic (exact) mass is 301 g/mol. The maximum Gasteiger partial charge on any atom is 0.406 e. The van der Waals surface area contributed by atoms with Crippen molar-refractivity contribution in [1.82, 2.24) is 14.4 Å². The summed E-state index contributed by atoms with van der Waals surface area (Å²) in [5, 5.41) is 22.1. The summed E-state index contributed by atoms with van der Waals surface area (Å²) in [5.74, 6) is -1.53. The van der Waals surface area contributed by atoms with Crippen molar-refractivity contribution >= 4 is 17.3 Å². The van der Waals surface area contributed by atoms with Gasteiger partial charge in [0.05, 0.1) is 6.20 Å². The van der Waals surface area contributed by atoms with E-state index >= 15 is 0 Å². The van der Waals surface area contributed by atoms with Crippen LogP contribution in [0.15, 0.2) is 42.7 Å². The Morgan fingerprint density at radius 3 is 2.64 bits per heavy atom. The number of pyridine rings is 2. The second-order valence-electron chi connectivity index (χ2n) is 4.11. The Hall–Kier alpha value is -3.56. The van der Waals surface area contributed by atoms with Gasteiger partial charge in [0, 0.05) is 6.07 Å². The van der Waals surface area contributed by atoms with Crippen LogP contribution in [-0.2, 0) is 0 Å². The first kappa shape index (κ1) is 13.4. The van der Waals surface area contributed by atoms with E-state index in [2.05, 4.69) is 9.97 Å². The maximum absolute atomic E-state index is 11.2. The van der Waals surface area contributed by atoms with E-state index in [1.54, 1.807) is 18.2 Å². The molecule has 10 nitrogen and oxygen atoms in total. The summed E-state index contributed by atoms with van der Waals surface area (Å²) >= 11 is 0. The zero-order valence-electron chi connectivity index (χ0n) is 10.8. The second kappa shape index (κ2) is 5.09. The third kappa shape index (κ3) is 2.18. The SMILES string of the molecule is O=[N+]([O-])c1ncccc1Oc1nc2ccccn2c1[N+](=O)[O-]. The molecule has 0 spiro atoms. The normalized spacial score (nSPS) is 10.5. The fourth-order valence-corrected chi connectivity index (χ4v) is 1.90. The van der Waals surface area contributed by atoms with E-state index in [9.17, 15) is 20.2 Å². The molecule has 0 saturated heterocycles. The first-order valence-corrected chi connectivity index (χ1v) is 5.96. The molecule has 0 bridgehead atoms. The molecule has 0 saturated carbocycles. The lowest BCUT2D eigenvalue weighted by Gasteiger charge is -2.02. The van der Waals surface area contributed by atoms with Crippen LogP contribution in [0.2, 0.25) is 0 Å². The lowest BCUT2D eigenvalue weighted by molar-refractivity contribution is -0.392. The Morgan fingerprint density at radius 2 is 1.91 bits per heavy atom. The highest BCUT2D eigenvalue weighted by Crippen LogP contribution is 2.34. The second-order valence-corrected chi connectivity index (χ2v) is 4.11. The number of aromatic nitrogens is 3. The lowest BCUT2D eigenvalue weighted by Crippen LogP contribution is -1.99. The summed E-state index contributed by atoms with van der Waals surface area (Å²) in [6.45, 7) is 0. The van der Waals surface area contributed by atoms with Gasteiger partial charge in [0.15, 0.2) is 0 Å². The topological polar surface area (TPSA) is 126 Å². The lowest BCUT2D eigenvalue weighted by atomic mass is 10.4. The molecule has 3 rings (SSSR count). The van der Waals surface area contributed by atoms with Crippen molar-refractivity contribution < 1.29 is 14.6 Å². The molecule has 3 heterocycles. The Morgan fingerprint density at radius 1 is 1.09 bits per heavy atom. The third-order valence-corrected chi connectivity index (χ3v) is 2.78. The van der Waals surface area contributed by atoms with Gasteiger partial charge < -0.3 is 25.0 Å². The quantitative estimate of drug-likeness (QED) is 0.534. The summed E-state index contributed by atoms with van der Waals surface area (Å²) in [4.78, 5) is 28.3. The molecule has 22 heavy (non-hydrogen) atoms. The fraction of sp³-hybridized carbons (Fsp3) is 0. The Balaban J connectivity index is 2.14. The van der Waals surface area contributed by atoms with Crippen molar-refractivity contribution in [1.29, 1.82) is 0 Å². The summed E-state index contributed by atoms with van der Waals surface area (Å²) in [5.41, 5.74) is 0.288. The van der Waals surface area contributed by atoms with Crippen LogP contribution >= 0.6 is 0 Å². The molecule has 0 fully saturated rings. The number of rotatable bonds is 4. The molecule has 0 atom stereocenters. The number of hydrogen-bond donors (Lipinski definition) is 0. The van der Waals surface area contributed by atoms with Crippen LogP contribution < -0.4 is 4.74 Å². The molecular weight excluding hydrogens is 294 g/mol. The molecule has 0 unspecified atom stereocenters. The smallest absolute Gasteiger partial charge is 0.406 e. The van der Waals surface area contributed by atoms with Crippen LogP contribution in [-0.4, -0.2) is 24.2 Å². The average molecular weight is 301 g/mol. The van der Waals surface area contributed by atoms with Crippen molar-refractivity contribution in [2.75, 3.05) is 0 Å². The molecular formula is C12H7N5O5. The molecule has 0 radical (unpaired) electrons. The van der Waals surface area contributed by atoms with E-state index in [1.165, 1.54) is 28.9 Å².